The lowest BCUT2D eigenvalue weighted by atomic mass is 10.0. The van der Waals surface area contributed by atoms with Gasteiger partial charge in [-0.3, -0.25) is 9.59 Å². The van der Waals surface area contributed by atoms with E-state index in [4.69, 9.17) is 8.85 Å². The lowest BCUT2D eigenvalue weighted by Gasteiger charge is -2.18. The molecule has 2 amide bonds. The summed E-state index contributed by atoms with van der Waals surface area (Å²) in [5.41, 5.74) is -1.07. The SMILES string of the molecule is [2H]C([2H])([2H])NC(=O)c1nnc(NC(=O)C2CC2)cc1Nc1cc(F)cc(-c2ncc(C(C)(C)O)cn2)c1OC. The number of aromatic nitrogens is 4. The van der Waals surface area contributed by atoms with E-state index in [0.29, 0.717) is 5.56 Å². The molecule has 4 rings (SSSR count). The summed E-state index contributed by atoms with van der Waals surface area (Å²) in [6.07, 6.45) is 4.29. The van der Waals surface area contributed by atoms with E-state index in [2.05, 4.69) is 30.8 Å². The number of carbonyl (C=O) groups excluding carboxylic acids is 2. The molecule has 0 aliphatic heterocycles. The molecule has 1 aliphatic rings. The van der Waals surface area contributed by atoms with Crippen molar-refractivity contribution in [2.24, 2.45) is 5.92 Å². The zero-order chi connectivity index (χ0) is 28.5. The number of methoxy groups -OCH3 is 1. The molecule has 3 aromatic rings. The van der Waals surface area contributed by atoms with E-state index in [0.717, 1.165) is 25.0 Å². The molecule has 1 saturated carbocycles. The number of nitrogens with one attached hydrogen (secondary N) is 3. The Balaban J connectivity index is 1.76. The van der Waals surface area contributed by atoms with Crippen LogP contribution in [0.4, 0.5) is 21.6 Å². The topological polar surface area (TPSA) is 151 Å². The molecule has 0 atom stereocenters. The molecular weight excluding hydrogens is 469 g/mol. The first kappa shape index (κ1) is 21.1. The monoisotopic (exact) mass is 498 g/mol. The average Bonchev–Trinajstić information content (AvgIpc) is 3.68. The summed E-state index contributed by atoms with van der Waals surface area (Å²) in [6.45, 7) is 0.325. The molecule has 12 heteroatoms. The molecule has 36 heavy (non-hydrogen) atoms. The van der Waals surface area contributed by atoms with E-state index in [-0.39, 0.29) is 46.2 Å². The van der Waals surface area contributed by atoms with Crippen LogP contribution in [0.25, 0.3) is 11.4 Å². The first-order valence-electron chi connectivity index (χ1n) is 12.5. The van der Waals surface area contributed by atoms with Gasteiger partial charge in [-0.15, -0.1) is 10.2 Å². The Bertz CT molecular complexity index is 1410. The Hall–Kier alpha value is -4.19. The average molecular weight is 499 g/mol. The molecule has 4 N–H and O–H groups in total. The fourth-order valence-electron chi connectivity index (χ4n) is 3.35. The molecule has 188 valence electrons. The third-order valence-corrected chi connectivity index (χ3v) is 5.45. The molecule has 0 bridgehead atoms. The van der Waals surface area contributed by atoms with E-state index < -0.39 is 30.0 Å². The Kier molecular flexibility index (Phi) is 5.76. The van der Waals surface area contributed by atoms with E-state index in [1.807, 2.05) is 5.32 Å². The molecule has 2 heterocycles. The minimum Gasteiger partial charge on any atom is -0.494 e. The van der Waals surface area contributed by atoms with Crippen molar-refractivity contribution >= 4 is 29.0 Å². The molecular formula is C24H26FN7O4. The highest BCUT2D eigenvalue weighted by Gasteiger charge is 2.30. The van der Waals surface area contributed by atoms with Gasteiger partial charge in [0, 0.05) is 47.1 Å². The van der Waals surface area contributed by atoms with Crippen molar-refractivity contribution in [3.63, 3.8) is 0 Å². The van der Waals surface area contributed by atoms with Crippen LogP contribution < -0.4 is 20.7 Å². The van der Waals surface area contributed by atoms with Gasteiger partial charge in [0.05, 0.1) is 29.6 Å². The lowest BCUT2D eigenvalue weighted by Crippen LogP contribution is -2.22. The lowest BCUT2D eigenvalue weighted by molar-refractivity contribution is -0.117. The van der Waals surface area contributed by atoms with Crippen LogP contribution >= 0.6 is 0 Å². The fourth-order valence-corrected chi connectivity index (χ4v) is 3.35. The van der Waals surface area contributed by atoms with Gasteiger partial charge in [-0.25, -0.2) is 14.4 Å². The maximum atomic E-state index is 14.8. The normalized spacial score (nSPS) is 14.8. The number of hydrogen-bond acceptors (Lipinski definition) is 9. The number of hydrogen-bond donors (Lipinski definition) is 4. The summed E-state index contributed by atoms with van der Waals surface area (Å²) in [5.74, 6) is -2.01. The number of ether oxygens (including phenoxy) is 1. The Morgan fingerprint density at radius 3 is 2.50 bits per heavy atom. The van der Waals surface area contributed by atoms with Crippen molar-refractivity contribution in [2.75, 3.05) is 24.7 Å². The quantitative estimate of drug-likeness (QED) is 0.367. The van der Waals surface area contributed by atoms with Gasteiger partial charge in [-0.1, -0.05) is 0 Å². The first-order valence-corrected chi connectivity index (χ1v) is 11.0. The van der Waals surface area contributed by atoms with Gasteiger partial charge in [-0.05, 0) is 32.8 Å². The summed E-state index contributed by atoms with van der Waals surface area (Å²) < 4.78 is 42.3. The van der Waals surface area contributed by atoms with Crippen LogP contribution in [0, 0.1) is 11.7 Å². The van der Waals surface area contributed by atoms with Gasteiger partial charge >= 0.3 is 0 Å². The second kappa shape index (κ2) is 9.82. The van der Waals surface area contributed by atoms with Crippen LogP contribution in [0.2, 0.25) is 0 Å². The maximum absolute atomic E-state index is 14.8. The van der Waals surface area contributed by atoms with Crippen LogP contribution in [0.15, 0.2) is 30.6 Å². The smallest absolute Gasteiger partial charge is 0.273 e. The predicted molar refractivity (Wildman–Crippen MR) is 129 cm³/mol. The van der Waals surface area contributed by atoms with Crippen molar-refractivity contribution in [3.8, 4) is 17.1 Å². The van der Waals surface area contributed by atoms with E-state index >= 15 is 0 Å². The maximum Gasteiger partial charge on any atom is 0.273 e. The van der Waals surface area contributed by atoms with Gasteiger partial charge in [0.2, 0.25) is 5.91 Å². The number of halogens is 1. The van der Waals surface area contributed by atoms with Gasteiger partial charge in [0.1, 0.15) is 5.82 Å². The minimum absolute atomic E-state index is 0.000896. The largest absolute Gasteiger partial charge is 0.494 e. The highest BCUT2D eigenvalue weighted by atomic mass is 19.1. The minimum atomic E-state index is -2.81. The van der Waals surface area contributed by atoms with Gasteiger partial charge in [0.25, 0.3) is 5.91 Å². The Morgan fingerprint density at radius 2 is 1.89 bits per heavy atom. The van der Waals surface area contributed by atoms with Gasteiger partial charge in [-0.2, -0.15) is 0 Å². The first-order chi connectivity index (χ1) is 18.2. The second-order valence-corrected chi connectivity index (χ2v) is 8.72. The second-order valence-electron chi connectivity index (χ2n) is 8.72. The molecule has 1 aliphatic carbocycles. The number of amides is 2. The molecule has 0 unspecified atom stereocenters. The van der Waals surface area contributed by atoms with E-state index in [1.165, 1.54) is 25.6 Å². The summed E-state index contributed by atoms with van der Waals surface area (Å²) in [7, 11) is 1.33. The van der Waals surface area contributed by atoms with Crippen LogP contribution in [0.5, 0.6) is 5.75 Å². The number of rotatable bonds is 8. The molecule has 11 nitrogen and oxygen atoms in total. The van der Waals surface area contributed by atoms with Crippen molar-refractivity contribution in [1.82, 2.24) is 25.5 Å². The van der Waals surface area contributed by atoms with Gasteiger partial charge < -0.3 is 25.8 Å². The molecule has 1 fully saturated rings. The molecule has 0 spiro atoms. The number of nitrogens with zero attached hydrogens (tertiary/aromatic N) is 4. The summed E-state index contributed by atoms with van der Waals surface area (Å²) in [4.78, 5) is 33.4. The summed E-state index contributed by atoms with van der Waals surface area (Å²) >= 11 is 0. The van der Waals surface area contributed by atoms with Gasteiger partial charge in [0.15, 0.2) is 23.1 Å². The number of carbonyl (C=O) groups is 2. The zero-order valence-corrected chi connectivity index (χ0v) is 19.7. The van der Waals surface area contributed by atoms with Crippen LogP contribution in [-0.2, 0) is 10.4 Å². The highest BCUT2D eigenvalue weighted by molar-refractivity contribution is 6.00. The third kappa shape index (κ3) is 5.38. The molecule has 0 radical (unpaired) electrons. The Labute approximate surface area is 210 Å². The number of aliphatic hydroxyl groups is 1. The predicted octanol–water partition coefficient (Wildman–Crippen LogP) is 2.76. The van der Waals surface area contributed by atoms with Crippen molar-refractivity contribution in [1.29, 1.82) is 0 Å². The number of benzene rings is 1. The van der Waals surface area contributed by atoms with E-state index in [1.54, 1.807) is 13.8 Å². The van der Waals surface area contributed by atoms with Crippen LogP contribution in [0.1, 0.15) is 46.9 Å². The van der Waals surface area contributed by atoms with E-state index in [9.17, 15) is 19.1 Å². The molecule has 0 saturated heterocycles. The standard InChI is InChI=1S/C24H26FN7O4/c1-24(2,35)13-10-27-21(28-11-13)15-7-14(25)8-17(20(15)36-4)29-16-9-18(30-22(33)12-5-6-12)31-32-19(16)23(34)26-3/h7-12,35H,5-6H2,1-4H3,(H,26,34)(H2,29,30,31,33)/i3D3. The van der Waals surface area contributed by atoms with Crippen molar-refractivity contribution < 1.29 is 27.9 Å². The summed E-state index contributed by atoms with van der Waals surface area (Å²) in [5, 5.41) is 25.1. The van der Waals surface area contributed by atoms with Crippen LogP contribution in [0.3, 0.4) is 0 Å². The fraction of sp³-hybridized carbons (Fsp3) is 0.333. The number of anilines is 3. The molecule has 1 aromatic carbocycles. The third-order valence-electron chi connectivity index (χ3n) is 5.45. The Morgan fingerprint density at radius 1 is 1.17 bits per heavy atom. The highest BCUT2D eigenvalue weighted by Crippen LogP contribution is 2.38. The summed E-state index contributed by atoms with van der Waals surface area (Å²) in [6, 6.07) is 3.51. The van der Waals surface area contributed by atoms with Crippen molar-refractivity contribution in [3.05, 3.63) is 47.7 Å². The zero-order valence-electron chi connectivity index (χ0n) is 22.7. The van der Waals surface area contributed by atoms with Crippen LogP contribution in [-0.4, -0.2) is 51.2 Å². The van der Waals surface area contributed by atoms with Crippen molar-refractivity contribution in [2.45, 2.75) is 32.3 Å². The molecule has 2 aromatic heterocycles.